The summed E-state index contributed by atoms with van der Waals surface area (Å²) >= 11 is 0. The number of aryl methyl sites for hydroxylation is 1. The molecule has 1 aromatic rings. The van der Waals surface area contributed by atoms with Gasteiger partial charge in [-0.05, 0) is 37.3 Å². The van der Waals surface area contributed by atoms with Gasteiger partial charge in [-0.25, -0.2) is 0 Å². The van der Waals surface area contributed by atoms with Crippen molar-refractivity contribution in [3.63, 3.8) is 0 Å². The Morgan fingerprint density at radius 2 is 2.11 bits per heavy atom. The first-order valence-corrected chi connectivity index (χ1v) is 6.93. The topological polar surface area (TPSA) is 40.5 Å². The number of carboxylic acids is 1. The van der Waals surface area contributed by atoms with E-state index in [1.54, 1.807) is 0 Å². The maximum atomic E-state index is 11.4. The normalized spacial score (nSPS) is 23.1. The monoisotopic (exact) mass is 261 g/mol. The third-order valence-corrected chi connectivity index (χ3v) is 4.20. The number of anilines is 1. The van der Waals surface area contributed by atoms with Gasteiger partial charge in [0.1, 0.15) is 0 Å². The number of hydrogen-bond acceptors (Lipinski definition) is 2. The Labute approximate surface area is 115 Å². The van der Waals surface area contributed by atoms with Crippen molar-refractivity contribution in [1.82, 2.24) is 0 Å². The van der Waals surface area contributed by atoms with E-state index in [2.05, 4.69) is 43.9 Å². The number of benzene rings is 1. The molecular weight excluding hydrogens is 238 g/mol. The van der Waals surface area contributed by atoms with E-state index in [4.69, 9.17) is 0 Å². The molecule has 1 N–H and O–H groups in total. The summed E-state index contributed by atoms with van der Waals surface area (Å²) in [5.74, 6) is -0.235. The summed E-state index contributed by atoms with van der Waals surface area (Å²) in [6, 6.07) is 6.35. The molecule has 104 valence electrons. The fraction of sp³-hybridized carbons (Fsp3) is 0.562. The molecule has 1 aliphatic heterocycles. The van der Waals surface area contributed by atoms with Crippen LogP contribution >= 0.6 is 0 Å². The van der Waals surface area contributed by atoms with Gasteiger partial charge >= 0.3 is 5.97 Å². The summed E-state index contributed by atoms with van der Waals surface area (Å²) in [6.07, 6.45) is 0.716. The van der Waals surface area contributed by atoms with Gasteiger partial charge in [-0.1, -0.05) is 32.0 Å². The van der Waals surface area contributed by atoms with Crippen molar-refractivity contribution in [1.29, 1.82) is 0 Å². The van der Waals surface area contributed by atoms with Crippen molar-refractivity contribution >= 4 is 11.7 Å². The van der Waals surface area contributed by atoms with E-state index in [1.807, 2.05) is 6.92 Å². The van der Waals surface area contributed by atoms with E-state index >= 15 is 0 Å². The minimum atomic E-state index is -0.685. The zero-order valence-corrected chi connectivity index (χ0v) is 12.2. The van der Waals surface area contributed by atoms with Gasteiger partial charge in [0, 0.05) is 18.8 Å². The van der Waals surface area contributed by atoms with Crippen molar-refractivity contribution in [2.75, 3.05) is 18.0 Å². The van der Waals surface area contributed by atoms with Crippen LogP contribution in [0.25, 0.3) is 0 Å². The van der Waals surface area contributed by atoms with Gasteiger partial charge in [0.2, 0.25) is 0 Å². The molecule has 0 spiro atoms. The van der Waals surface area contributed by atoms with E-state index in [-0.39, 0.29) is 0 Å². The van der Waals surface area contributed by atoms with E-state index in [0.717, 1.165) is 6.54 Å². The van der Waals surface area contributed by atoms with Crippen LogP contribution in [0.3, 0.4) is 0 Å². The summed E-state index contributed by atoms with van der Waals surface area (Å²) in [5, 5.41) is 9.36. The van der Waals surface area contributed by atoms with E-state index in [0.29, 0.717) is 18.9 Å². The first-order valence-electron chi connectivity index (χ1n) is 6.93. The number of hydrogen-bond donors (Lipinski definition) is 1. The Balaban J connectivity index is 2.37. The summed E-state index contributed by atoms with van der Waals surface area (Å²) in [5.41, 5.74) is 3.18. The van der Waals surface area contributed by atoms with Crippen LogP contribution in [0.2, 0.25) is 0 Å². The lowest BCUT2D eigenvalue weighted by molar-refractivity contribution is -0.146. The fourth-order valence-corrected chi connectivity index (χ4v) is 2.91. The summed E-state index contributed by atoms with van der Waals surface area (Å²) in [4.78, 5) is 13.6. The lowest BCUT2D eigenvalue weighted by Gasteiger charge is -2.27. The van der Waals surface area contributed by atoms with E-state index in [1.165, 1.54) is 16.8 Å². The van der Waals surface area contributed by atoms with Gasteiger partial charge in [0.05, 0.1) is 5.41 Å². The summed E-state index contributed by atoms with van der Waals surface area (Å²) < 4.78 is 0. The van der Waals surface area contributed by atoms with Crippen LogP contribution in [0.4, 0.5) is 5.69 Å². The molecule has 1 unspecified atom stereocenters. The predicted molar refractivity (Wildman–Crippen MR) is 77.8 cm³/mol. The van der Waals surface area contributed by atoms with Crippen molar-refractivity contribution in [3.05, 3.63) is 29.3 Å². The second-order valence-corrected chi connectivity index (χ2v) is 6.20. The molecule has 2 rings (SSSR count). The third-order valence-electron chi connectivity index (χ3n) is 4.20. The molecule has 1 heterocycles. The lowest BCUT2D eigenvalue weighted by atomic mass is 9.90. The molecule has 1 fully saturated rings. The van der Waals surface area contributed by atoms with Crippen LogP contribution in [0.1, 0.15) is 44.2 Å². The molecule has 1 atom stereocenters. The van der Waals surface area contributed by atoms with Gasteiger partial charge in [0.25, 0.3) is 0 Å². The molecule has 3 nitrogen and oxygen atoms in total. The van der Waals surface area contributed by atoms with Crippen LogP contribution in [-0.4, -0.2) is 24.2 Å². The number of carboxylic acid groups (broad SMARTS) is 1. The Kier molecular flexibility index (Phi) is 3.57. The SMILES string of the molecule is Cc1cccc(C(C)C)c1N1CCC(C)(C(=O)O)C1. The van der Waals surface area contributed by atoms with E-state index in [9.17, 15) is 9.90 Å². The van der Waals surface area contributed by atoms with Crippen LogP contribution in [0, 0.1) is 12.3 Å². The predicted octanol–water partition coefficient (Wildman–Crippen LogP) is 3.42. The smallest absolute Gasteiger partial charge is 0.311 e. The van der Waals surface area contributed by atoms with Crippen LogP contribution in [0.15, 0.2) is 18.2 Å². The zero-order chi connectivity index (χ0) is 14.2. The average Bonchev–Trinajstić information content (AvgIpc) is 2.72. The number of carbonyl (C=O) groups is 1. The van der Waals surface area contributed by atoms with Crippen LogP contribution in [0.5, 0.6) is 0 Å². The fourth-order valence-electron chi connectivity index (χ4n) is 2.91. The van der Waals surface area contributed by atoms with E-state index < -0.39 is 11.4 Å². The molecule has 19 heavy (non-hydrogen) atoms. The molecule has 0 aromatic heterocycles. The van der Waals surface area contributed by atoms with Gasteiger partial charge in [-0.2, -0.15) is 0 Å². The summed E-state index contributed by atoms with van der Waals surface area (Å²) in [7, 11) is 0. The molecule has 1 saturated heterocycles. The molecular formula is C16H23NO2. The highest BCUT2D eigenvalue weighted by atomic mass is 16.4. The largest absolute Gasteiger partial charge is 0.481 e. The standard InChI is InChI=1S/C16H23NO2/c1-11(2)13-7-5-6-12(3)14(13)17-9-8-16(4,10-17)15(18)19/h5-7,11H,8-10H2,1-4H3,(H,18,19). The molecule has 0 amide bonds. The van der Waals surface area contributed by atoms with Crippen molar-refractivity contribution in [2.45, 2.75) is 40.0 Å². The highest BCUT2D eigenvalue weighted by Gasteiger charge is 2.41. The van der Waals surface area contributed by atoms with Crippen LogP contribution < -0.4 is 4.90 Å². The number of para-hydroxylation sites is 1. The molecule has 3 heteroatoms. The lowest BCUT2D eigenvalue weighted by Crippen LogP contribution is -2.32. The highest BCUT2D eigenvalue weighted by Crippen LogP contribution is 2.38. The zero-order valence-electron chi connectivity index (χ0n) is 12.2. The van der Waals surface area contributed by atoms with Crippen molar-refractivity contribution < 1.29 is 9.90 Å². The molecule has 1 aromatic carbocycles. The number of rotatable bonds is 3. The minimum Gasteiger partial charge on any atom is -0.481 e. The van der Waals surface area contributed by atoms with Crippen LogP contribution in [-0.2, 0) is 4.79 Å². The van der Waals surface area contributed by atoms with Gasteiger partial charge in [-0.15, -0.1) is 0 Å². The molecule has 0 bridgehead atoms. The second-order valence-electron chi connectivity index (χ2n) is 6.20. The first-order chi connectivity index (χ1) is 8.85. The molecule has 1 aliphatic rings. The van der Waals surface area contributed by atoms with Crippen molar-refractivity contribution in [3.8, 4) is 0 Å². The maximum Gasteiger partial charge on any atom is 0.311 e. The minimum absolute atomic E-state index is 0.451. The summed E-state index contributed by atoms with van der Waals surface area (Å²) in [6.45, 7) is 9.76. The number of aliphatic carboxylic acids is 1. The van der Waals surface area contributed by atoms with Gasteiger partial charge in [0.15, 0.2) is 0 Å². The Morgan fingerprint density at radius 1 is 1.42 bits per heavy atom. The molecule has 0 saturated carbocycles. The molecule has 0 radical (unpaired) electrons. The third kappa shape index (κ3) is 2.46. The Bertz CT molecular complexity index is 496. The van der Waals surface area contributed by atoms with Crippen molar-refractivity contribution in [2.24, 2.45) is 5.41 Å². The molecule has 0 aliphatic carbocycles. The second kappa shape index (κ2) is 4.87. The maximum absolute atomic E-state index is 11.4. The highest BCUT2D eigenvalue weighted by molar-refractivity contribution is 5.77. The first kappa shape index (κ1) is 13.9. The average molecular weight is 261 g/mol. The quantitative estimate of drug-likeness (QED) is 0.906. The number of nitrogens with zero attached hydrogens (tertiary/aromatic N) is 1. The van der Waals surface area contributed by atoms with Gasteiger partial charge < -0.3 is 10.0 Å². The Hall–Kier alpha value is -1.51. The van der Waals surface area contributed by atoms with Gasteiger partial charge in [-0.3, -0.25) is 4.79 Å². The Morgan fingerprint density at radius 3 is 2.63 bits per heavy atom.